The van der Waals surface area contributed by atoms with E-state index in [1.54, 1.807) is 0 Å². The summed E-state index contributed by atoms with van der Waals surface area (Å²) in [5, 5.41) is 15.4. The number of benzene rings is 6. The Morgan fingerprint density at radius 2 is 1.16 bits per heavy atom. The highest BCUT2D eigenvalue weighted by Gasteiger charge is 2.18. The van der Waals surface area contributed by atoms with Gasteiger partial charge in [-0.25, -0.2) is 0 Å². The van der Waals surface area contributed by atoms with Gasteiger partial charge in [0.15, 0.2) is 0 Å². The van der Waals surface area contributed by atoms with Gasteiger partial charge in [0.25, 0.3) is 0 Å². The van der Waals surface area contributed by atoms with E-state index in [0.29, 0.717) is 0 Å². The van der Waals surface area contributed by atoms with Gasteiger partial charge in [-0.05, 0) is 89.3 Å². The van der Waals surface area contributed by atoms with Crippen LogP contribution in [0.25, 0.3) is 59.9 Å². The Balaban J connectivity index is 1.99. The van der Waals surface area contributed by atoms with Crippen molar-refractivity contribution >= 4 is 59.9 Å². The highest BCUT2D eigenvalue weighted by atomic mass is 14.2. The predicted octanol–water partition coefficient (Wildman–Crippen LogP) is 5.95. The molecule has 0 spiro atoms. The van der Waals surface area contributed by atoms with Crippen molar-refractivity contribution < 1.29 is 0 Å². The summed E-state index contributed by atoms with van der Waals surface area (Å²) in [6.45, 7) is 0. The van der Waals surface area contributed by atoms with Gasteiger partial charge in [-0.2, -0.15) is 0 Å². The van der Waals surface area contributed by atoms with E-state index in [0.717, 1.165) is 6.42 Å². The SMILES string of the molecule is C1=c2cc3ccc4cccc5cc6cc7cccc(c7c2c6c3c45)C1. The summed E-state index contributed by atoms with van der Waals surface area (Å²) in [5.41, 5.74) is 1.46. The summed E-state index contributed by atoms with van der Waals surface area (Å²) in [5.74, 6) is 0. The van der Waals surface area contributed by atoms with Crippen LogP contribution in [0, 0.1) is 0 Å². The zero-order valence-corrected chi connectivity index (χ0v) is 13.6. The van der Waals surface area contributed by atoms with Gasteiger partial charge in [-0.1, -0.05) is 54.6 Å². The van der Waals surface area contributed by atoms with Crippen molar-refractivity contribution in [1.82, 2.24) is 0 Å². The van der Waals surface area contributed by atoms with Crippen molar-refractivity contribution in [3.63, 3.8) is 0 Å². The van der Waals surface area contributed by atoms with E-state index in [9.17, 15) is 0 Å². The molecule has 0 heterocycles. The van der Waals surface area contributed by atoms with Crippen molar-refractivity contribution in [3.8, 4) is 0 Å². The molecule has 0 N–H and O–H groups in total. The van der Waals surface area contributed by atoms with Crippen LogP contribution >= 0.6 is 0 Å². The first-order valence-electron chi connectivity index (χ1n) is 8.93. The Kier molecular flexibility index (Phi) is 1.92. The molecule has 0 saturated carbocycles. The van der Waals surface area contributed by atoms with Crippen LogP contribution in [0.5, 0.6) is 0 Å². The molecule has 7 rings (SSSR count). The van der Waals surface area contributed by atoms with Gasteiger partial charge in [0.1, 0.15) is 0 Å². The van der Waals surface area contributed by atoms with Crippen molar-refractivity contribution in [3.05, 3.63) is 77.5 Å². The summed E-state index contributed by atoms with van der Waals surface area (Å²) in [7, 11) is 0. The predicted molar refractivity (Wildman–Crippen MR) is 109 cm³/mol. The fraction of sp³-hybridized carbons (Fsp3) is 0.0400. The molecule has 0 amide bonds. The first-order chi connectivity index (χ1) is 12.4. The van der Waals surface area contributed by atoms with E-state index in [-0.39, 0.29) is 0 Å². The second-order valence-corrected chi connectivity index (χ2v) is 7.36. The van der Waals surface area contributed by atoms with Gasteiger partial charge >= 0.3 is 0 Å². The Morgan fingerprint density at radius 3 is 2.08 bits per heavy atom. The molecule has 0 saturated heterocycles. The minimum Gasteiger partial charge on any atom is -0.0722 e. The third-order valence-electron chi connectivity index (χ3n) is 6.10. The van der Waals surface area contributed by atoms with E-state index in [4.69, 9.17) is 0 Å². The maximum absolute atomic E-state index is 2.41. The summed E-state index contributed by atoms with van der Waals surface area (Å²) in [6, 6.07) is 25.2. The minimum absolute atomic E-state index is 1.03. The highest BCUT2D eigenvalue weighted by Crippen LogP contribution is 2.42. The minimum atomic E-state index is 1.03. The second kappa shape index (κ2) is 3.92. The average Bonchev–Trinajstić information content (AvgIpc) is 2.66. The van der Waals surface area contributed by atoms with E-state index in [1.165, 1.54) is 64.6 Å². The first kappa shape index (κ1) is 12.3. The topological polar surface area (TPSA) is 0 Å². The summed E-state index contributed by atoms with van der Waals surface area (Å²) in [4.78, 5) is 0. The van der Waals surface area contributed by atoms with E-state index in [1.807, 2.05) is 0 Å². The molecule has 25 heavy (non-hydrogen) atoms. The summed E-state index contributed by atoms with van der Waals surface area (Å²) < 4.78 is 0. The number of hydrogen-bond acceptors (Lipinski definition) is 0. The fourth-order valence-corrected chi connectivity index (χ4v) is 5.12. The van der Waals surface area contributed by atoms with Crippen LogP contribution < -0.4 is 5.22 Å². The van der Waals surface area contributed by atoms with Crippen molar-refractivity contribution in [1.29, 1.82) is 0 Å². The lowest BCUT2D eigenvalue weighted by Gasteiger charge is -2.20. The zero-order valence-electron chi connectivity index (χ0n) is 13.6. The van der Waals surface area contributed by atoms with Gasteiger partial charge in [-0.3, -0.25) is 0 Å². The normalized spacial score (nSPS) is 13.8. The monoisotopic (exact) mass is 314 g/mol. The number of rotatable bonds is 0. The molecule has 0 nitrogen and oxygen atoms in total. The molecule has 6 aromatic rings. The van der Waals surface area contributed by atoms with E-state index >= 15 is 0 Å². The lowest BCUT2D eigenvalue weighted by Crippen LogP contribution is -2.09. The third kappa shape index (κ3) is 1.33. The number of hydrogen-bond donors (Lipinski definition) is 0. The molecule has 1 aliphatic rings. The van der Waals surface area contributed by atoms with Crippen LogP contribution in [-0.2, 0) is 6.42 Å². The van der Waals surface area contributed by atoms with Crippen LogP contribution in [0.2, 0.25) is 0 Å². The van der Waals surface area contributed by atoms with Gasteiger partial charge in [0, 0.05) is 0 Å². The van der Waals surface area contributed by atoms with Crippen molar-refractivity contribution in [2.45, 2.75) is 6.42 Å². The van der Waals surface area contributed by atoms with E-state index < -0.39 is 0 Å². The molecular weight excluding hydrogens is 300 g/mol. The third-order valence-corrected chi connectivity index (χ3v) is 6.10. The largest absolute Gasteiger partial charge is 0.0722 e. The lowest BCUT2D eigenvalue weighted by molar-refractivity contribution is 1.36. The standard InChI is InChI=1S/C25H14/c1-3-14-7-9-18-11-19-10-8-15-4-2-6-17-13-20-12-16(5-1)21(14)23(18)25(20)24(19)22(15)17/h1-7,9-13H,8H2. The van der Waals surface area contributed by atoms with Crippen LogP contribution in [0.1, 0.15) is 5.56 Å². The molecular formula is C25H14. The lowest BCUT2D eigenvalue weighted by atomic mass is 9.83. The maximum atomic E-state index is 2.41. The van der Waals surface area contributed by atoms with Gasteiger partial charge in [-0.15, -0.1) is 0 Å². The maximum Gasteiger partial charge on any atom is -0.00137 e. The Morgan fingerprint density at radius 1 is 0.480 bits per heavy atom. The average molecular weight is 314 g/mol. The zero-order chi connectivity index (χ0) is 16.1. The van der Waals surface area contributed by atoms with Crippen LogP contribution in [-0.4, -0.2) is 0 Å². The molecule has 0 heteroatoms. The second-order valence-electron chi connectivity index (χ2n) is 7.36. The molecule has 6 aromatic carbocycles. The van der Waals surface area contributed by atoms with Crippen molar-refractivity contribution in [2.24, 2.45) is 0 Å². The molecule has 0 radical (unpaired) electrons. The van der Waals surface area contributed by atoms with Crippen LogP contribution in [0.3, 0.4) is 0 Å². The Bertz CT molecular complexity index is 1550. The Labute approximate surface area is 144 Å². The van der Waals surface area contributed by atoms with Crippen molar-refractivity contribution in [2.75, 3.05) is 0 Å². The van der Waals surface area contributed by atoms with Crippen LogP contribution in [0.4, 0.5) is 0 Å². The van der Waals surface area contributed by atoms with Crippen LogP contribution in [0.15, 0.2) is 66.7 Å². The molecule has 0 unspecified atom stereocenters. The molecule has 0 aromatic heterocycles. The smallest absolute Gasteiger partial charge is 0.00137 e. The Hall–Kier alpha value is -3.12. The molecule has 0 fully saturated rings. The first-order valence-corrected chi connectivity index (χ1v) is 8.93. The summed E-state index contributed by atoms with van der Waals surface area (Å²) in [6.07, 6.45) is 3.44. The van der Waals surface area contributed by atoms with Gasteiger partial charge < -0.3 is 0 Å². The quantitative estimate of drug-likeness (QED) is 0.240. The molecule has 0 atom stereocenters. The molecule has 0 aliphatic heterocycles. The molecule has 114 valence electrons. The summed E-state index contributed by atoms with van der Waals surface area (Å²) >= 11 is 0. The van der Waals surface area contributed by atoms with E-state index in [2.05, 4.69) is 72.8 Å². The molecule has 0 bridgehead atoms. The highest BCUT2D eigenvalue weighted by molar-refractivity contribution is 6.35. The van der Waals surface area contributed by atoms with Gasteiger partial charge in [0.2, 0.25) is 0 Å². The van der Waals surface area contributed by atoms with Gasteiger partial charge in [0.05, 0.1) is 0 Å². The molecule has 1 aliphatic carbocycles. The fourth-order valence-electron chi connectivity index (χ4n) is 5.12.